The van der Waals surface area contributed by atoms with E-state index in [9.17, 15) is 4.79 Å². The molecular formula is C14H13BrN2O3. The molecule has 0 saturated heterocycles. The molecule has 0 spiro atoms. The van der Waals surface area contributed by atoms with E-state index in [4.69, 9.17) is 15.6 Å². The number of para-hydroxylation sites is 1. The van der Waals surface area contributed by atoms with E-state index in [-0.39, 0.29) is 11.3 Å². The summed E-state index contributed by atoms with van der Waals surface area (Å²) in [5.74, 6) is -0.343. The van der Waals surface area contributed by atoms with Crippen LogP contribution in [0.2, 0.25) is 0 Å². The van der Waals surface area contributed by atoms with Crippen LogP contribution in [0.25, 0.3) is 0 Å². The van der Waals surface area contributed by atoms with Crippen LogP contribution in [-0.4, -0.2) is 18.2 Å². The summed E-state index contributed by atoms with van der Waals surface area (Å²) in [4.78, 5) is 11.0. The maximum atomic E-state index is 11.0. The number of nitrogen functional groups attached to an aromatic ring is 1. The van der Waals surface area contributed by atoms with E-state index in [1.165, 1.54) is 6.07 Å². The summed E-state index contributed by atoms with van der Waals surface area (Å²) >= 11 is 3.39. The van der Waals surface area contributed by atoms with Gasteiger partial charge in [-0.05, 0) is 46.3 Å². The molecule has 0 aromatic heterocycles. The second kappa shape index (κ2) is 5.83. The van der Waals surface area contributed by atoms with Gasteiger partial charge in [-0.15, -0.1) is 0 Å². The number of aromatic carboxylic acids is 1. The van der Waals surface area contributed by atoms with E-state index in [1.807, 2.05) is 12.1 Å². The Morgan fingerprint density at radius 3 is 2.70 bits per heavy atom. The number of hydrogen-bond donors (Lipinski definition) is 3. The minimum atomic E-state index is -1.05. The lowest BCUT2D eigenvalue weighted by atomic mass is 10.1. The van der Waals surface area contributed by atoms with Crippen molar-refractivity contribution in [3.05, 3.63) is 46.4 Å². The summed E-state index contributed by atoms with van der Waals surface area (Å²) in [5.41, 5.74) is 7.43. The fourth-order valence-electron chi connectivity index (χ4n) is 1.76. The molecule has 0 unspecified atom stereocenters. The highest BCUT2D eigenvalue weighted by molar-refractivity contribution is 9.10. The molecule has 0 amide bonds. The minimum absolute atomic E-state index is 0.0718. The fourth-order valence-corrected chi connectivity index (χ4v) is 2.30. The highest BCUT2D eigenvalue weighted by atomic mass is 79.9. The van der Waals surface area contributed by atoms with E-state index in [1.54, 1.807) is 25.3 Å². The zero-order valence-corrected chi connectivity index (χ0v) is 12.3. The molecule has 2 aromatic rings. The standard InChI is InChI=1S/C14H13BrN2O3/c1-20-12-6-5-8(7-10(12)15)17-11-4-2-3-9(13(11)16)14(18)19/h2-7,17H,16H2,1H3,(H,18,19). The van der Waals surface area contributed by atoms with Gasteiger partial charge in [-0.1, -0.05) is 6.07 Å². The Morgan fingerprint density at radius 1 is 1.35 bits per heavy atom. The van der Waals surface area contributed by atoms with Crippen molar-refractivity contribution < 1.29 is 14.6 Å². The van der Waals surface area contributed by atoms with Crippen LogP contribution in [0.3, 0.4) is 0 Å². The number of carbonyl (C=O) groups is 1. The van der Waals surface area contributed by atoms with Crippen LogP contribution in [0.5, 0.6) is 5.75 Å². The monoisotopic (exact) mass is 336 g/mol. The van der Waals surface area contributed by atoms with Crippen LogP contribution < -0.4 is 15.8 Å². The van der Waals surface area contributed by atoms with Gasteiger partial charge in [0.05, 0.1) is 28.5 Å². The topological polar surface area (TPSA) is 84.6 Å². The second-order valence-electron chi connectivity index (χ2n) is 4.05. The van der Waals surface area contributed by atoms with Gasteiger partial charge in [0.2, 0.25) is 0 Å². The van der Waals surface area contributed by atoms with Gasteiger partial charge < -0.3 is 20.9 Å². The van der Waals surface area contributed by atoms with Crippen LogP contribution in [0.1, 0.15) is 10.4 Å². The van der Waals surface area contributed by atoms with Gasteiger partial charge in [0.25, 0.3) is 0 Å². The van der Waals surface area contributed by atoms with Gasteiger partial charge in [0.15, 0.2) is 0 Å². The molecule has 0 radical (unpaired) electrons. The Labute approximate surface area is 124 Å². The molecular weight excluding hydrogens is 324 g/mol. The average molecular weight is 337 g/mol. The van der Waals surface area contributed by atoms with Crippen molar-refractivity contribution >= 4 is 39.0 Å². The van der Waals surface area contributed by atoms with Crippen molar-refractivity contribution in [2.45, 2.75) is 0 Å². The summed E-state index contributed by atoms with van der Waals surface area (Å²) in [6, 6.07) is 10.3. The molecule has 20 heavy (non-hydrogen) atoms. The Hall–Kier alpha value is -2.21. The van der Waals surface area contributed by atoms with Crippen molar-refractivity contribution in [1.29, 1.82) is 0 Å². The first-order chi connectivity index (χ1) is 9.52. The number of halogens is 1. The molecule has 0 aliphatic heterocycles. The maximum Gasteiger partial charge on any atom is 0.337 e. The van der Waals surface area contributed by atoms with Crippen LogP contribution in [0.4, 0.5) is 17.1 Å². The number of anilines is 3. The highest BCUT2D eigenvalue weighted by Crippen LogP contribution is 2.31. The second-order valence-corrected chi connectivity index (χ2v) is 4.90. The van der Waals surface area contributed by atoms with E-state index in [2.05, 4.69) is 21.2 Å². The molecule has 0 fully saturated rings. The Morgan fingerprint density at radius 2 is 2.10 bits per heavy atom. The third kappa shape index (κ3) is 2.85. The molecule has 0 saturated carbocycles. The maximum absolute atomic E-state index is 11.0. The lowest BCUT2D eigenvalue weighted by molar-refractivity contribution is 0.0698. The van der Waals surface area contributed by atoms with Crippen molar-refractivity contribution in [2.24, 2.45) is 0 Å². The zero-order valence-electron chi connectivity index (χ0n) is 10.7. The smallest absolute Gasteiger partial charge is 0.337 e. The number of carboxylic acid groups (broad SMARTS) is 1. The highest BCUT2D eigenvalue weighted by Gasteiger charge is 2.11. The largest absolute Gasteiger partial charge is 0.496 e. The Bertz CT molecular complexity index is 659. The van der Waals surface area contributed by atoms with E-state index in [0.29, 0.717) is 11.4 Å². The first-order valence-electron chi connectivity index (χ1n) is 5.75. The molecule has 0 aliphatic rings. The van der Waals surface area contributed by atoms with Crippen molar-refractivity contribution in [3.63, 3.8) is 0 Å². The zero-order chi connectivity index (χ0) is 14.7. The van der Waals surface area contributed by atoms with Gasteiger partial charge >= 0.3 is 5.97 Å². The molecule has 6 heteroatoms. The summed E-state index contributed by atoms with van der Waals surface area (Å²) in [7, 11) is 1.58. The number of hydrogen-bond acceptors (Lipinski definition) is 4. The molecule has 0 bridgehead atoms. The normalized spacial score (nSPS) is 10.1. The Kier molecular flexibility index (Phi) is 4.14. The summed E-state index contributed by atoms with van der Waals surface area (Å²) in [6.07, 6.45) is 0. The van der Waals surface area contributed by atoms with Crippen molar-refractivity contribution in [1.82, 2.24) is 0 Å². The summed E-state index contributed by atoms with van der Waals surface area (Å²) in [6.45, 7) is 0. The molecule has 104 valence electrons. The van der Waals surface area contributed by atoms with E-state index >= 15 is 0 Å². The first-order valence-corrected chi connectivity index (χ1v) is 6.54. The number of methoxy groups -OCH3 is 1. The number of nitrogens with one attached hydrogen (secondary N) is 1. The summed E-state index contributed by atoms with van der Waals surface area (Å²) in [5, 5.41) is 12.1. The third-order valence-electron chi connectivity index (χ3n) is 2.77. The van der Waals surface area contributed by atoms with Gasteiger partial charge in [-0.3, -0.25) is 0 Å². The van der Waals surface area contributed by atoms with Crippen LogP contribution >= 0.6 is 15.9 Å². The molecule has 0 aliphatic carbocycles. The van der Waals surface area contributed by atoms with Gasteiger partial charge in [-0.25, -0.2) is 4.79 Å². The van der Waals surface area contributed by atoms with E-state index in [0.717, 1.165) is 10.2 Å². The van der Waals surface area contributed by atoms with Crippen LogP contribution in [-0.2, 0) is 0 Å². The molecule has 2 aromatic carbocycles. The Balaban J connectivity index is 2.33. The minimum Gasteiger partial charge on any atom is -0.496 e. The third-order valence-corrected chi connectivity index (χ3v) is 3.39. The number of rotatable bonds is 4. The van der Waals surface area contributed by atoms with Gasteiger partial charge in [0.1, 0.15) is 5.75 Å². The number of benzene rings is 2. The SMILES string of the molecule is COc1ccc(Nc2cccc(C(=O)O)c2N)cc1Br. The van der Waals surface area contributed by atoms with Crippen molar-refractivity contribution in [3.8, 4) is 5.75 Å². The number of ether oxygens (including phenoxy) is 1. The lowest BCUT2D eigenvalue weighted by Crippen LogP contribution is -2.05. The molecule has 0 heterocycles. The lowest BCUT2D eigenvalue weighted by Gasteiger charge is -2.12. The molecule has 2 rings (SSSR count). The number of nitrogens with two attached hydrogens (primary N) is 1. The summed E-state index contributed by atoms with van der Waals surface area (Å²) < 4.78 is 5.94. The molecule has 5 nitrogen and oxygen atoms in total. The first kappa shape index (κ1) is 14.2. The average Bonchev–Trinajstić information content (AvgIpc) is 2.41. The van der Waals surface area contributed by atoms with E-state index < -0.39 is 5.97 Å². The molecule has 4 N–H and O–H groups in total. The fraction of sp³-hybridized carbons (Fsp3) is 0.0714. The number of carboxylic acids is 1. The molecule has 0 atom stereocenters. The van der Waals surface area contributed by atoms with Crippen LogP contribution in [0, 0.1) is 0 Å². The predicted octanol–water partition coefficient (Wildman–Crippen LogP) is 3.48. The predicted molar refractivity (Wildman–Crippen MR) is 81.8 cm³/mol. The quantitative estimate of drug-likeness (QED) is 0.744. The van der Waals surface area contributed by atoms with Crippen LogP contribution in [0.15, 0.2) is 40.9 Å². The van der Waals surface area contributed by atoms with Crippen molar-refractivity contribution in [2.75, 3.05) is 18.2 Å². The van der Waals surface area contributed by atoms with Gasteiger partial charge in [0, 0.05) is 5.69 Å². The van der Waals surface area contributed by atoms with Gasteiger partial charge in [-0.2, -0.15) is 0 Å².